The molecule has 0 bridgehead atoms. The number of nitrogens with zero attached hydrogens (tertiary/aromatic N) is 1. The van der Waals surface area contributed by atoms with Crippen LogP contribution in [-0.4, -0.2) is 25.6 Å². The van der Waals surface area contributed by atoms with Crippen molar-refractivity contribution >= 4 is 5.90 Å². The highest BCUT2D eigenvalue weighted by molar-refractivity contribution is 5.81. The van der Waals surface area contributed by atoms with E-state index >= 15 is 0 Å². The van der Waals surface area contributed by atoms with Crippen LogP contribution < -0.4 is 5.32 Å². The summed E-state index contributed by atoms with van der Waals surface area (Å²) in [5, 5.41) is 3.35. The SMILES string of the molecule is Cc1cccc(C2COC(C3CCNC3)=N2)c1. The van der Waals surface area contributed by atoms with E-state index in [-0.39, 0.29) is 6.04 Å². The van der Waals surface area contributed by atoms with Crippen LogP contribution in [0.1, 0.15) is 23.6 Å². The van der Waals surface area contributed by atoms with Crippen LogP contribution in [0.5, 0.6) is 0 Å². The van der Waals surface area contributed by atoms with Crippen LogP contribution in [0.3, 0.4) is 0 Å². The Bertz CT molecular complexity index is 436. The zero-order valence-electron chi connectivity index (χ0n) is 10.1. The minimum Gasteiger partial charge on any atom is -0.478 e. The molecule has 3 heteroatoms. The Labute approximate surface area is 102 Å². The van der Waals surface area contributed by atoms with E-state index < -0.39 is 0 Å². The monoisotopic (exact) mass is 230 g/mol. The summed E-state index contributed by atoms with van der Waals surface area (Å²) in [6.07, 6.45) is 1.15. The molecule has 2 atom stereocenters. The molecule has 1 fully saturated rings. The van der Waals surface area contributed by atoms with Crippen LogP contribution in [0.4, 0.5) is 0 Å². The molecule has 0 saturated carbocycles. The van der Waals surface area contributed by atoms with Gasteiger partial charge in [-0.2, -0.15) is 0 Å². The highest BCUT2D eigenvalue weighted by atomic mass is 16.5. The van der Waals surface area contributed by atoms with Crippen LogP contribution in [0, 0.1) is 12.8 Å². The van der Waals surface area contributed by atoms with E-state index in [4.69, 9.17) is 9.73 Å². The van der Waals surface area contributed by atoms with Crippen molar-refractivity contribution in [2.75, 3.05) is 19.7 Å². The maximum absolute atomic E-state index is 5.75. The summed E-state index contributed by atoms with van der Waals surface area (Å²) in [4.78, 5) is 4.74. The molecule has 1 aromatic carbocycles. The highest BCUT2D eigenvalue weighted by Gasteiger charge is 2.28. The van der Waals surface area contributed by atoms with Gasteiger partial charge in [-0.05, 0) is 25.5 Å². The maximum atomic E-state index is 5.75. The number of aryl methyl sites for hydroxylation is 1. The van der Waals surface area contributed by atoms with Gasteiger partial charge in [0, 0.05) is 12.5 Å². The molecular weight excluding hydrogens is 212 g/mol. The van der Waals surface area contributed by atoms with Crippen molar-refractivity contribution < 1.29 is 4.74 Å². The fourth-order valence-corrected chi connectivity index (χ4v) is 2.53. The number of aliphatic imine (C=N–C) groups is 1. The van der Waals surface area contributed by atoms with Gasteiger partial charge >= 0.3 is 0 Å². The lowest BCUT2D eigenvalue weighted by atomic mass is 10.1. The Morgan fingerprint density at radius 1 is 1.41 bits per heavy atom. The molecular formula is C14H18N2O. The summed E-state index contributed by atoms with van der Waals surface area (Å²) in [6.45, 7) is 4.92. The van der Waals surface area contributed by atoms with Crippen LogP contribution in [0.2, 0.25) is 0 Å². The largest absolute Gasteiger partial charge is 0.478 e. The molecule has 1 saturated heterocycles. The lowest BCUT2D eigenvalue weighted by Crippen LogP contribution is -2.17. The molecule has 2 heterocycles. The third-order valence-electron chi connectivity index (χ3n) is 3.51. The van der Waals surface area contributed by atoms with Crippen LogP contribution in [0.25, 0.3) is 0 Å². The van der Waals surface area contributed by atoms with E-state index in [1.165, 1.54) is 11.1 Å². The van der Waals surface area contributed by atoms with Crippen molar-refractivity contribution in [3.8, 4) is 0 Å². The summed E-state index contributed by atoms with van der Waals surface area (Å²) >= 11 is 0. The quantitative estimate of drug-likeness (QED) is 0.844. The third kappa shape index (κ3) is 2.20. The first-order valence-electron chi connectivity index (χ1n) is 6.31. The fourth-order valence-electron chi connectivity index (χ4n) is 2.53. The molecule has 17 heavy (non-hydrogen) atoms. The maximum Gasteiger partial charge on any atom is 0.188 e. The van der Waals surface area contributed by atoms with E-state index in [1.54, 1.807) is 0 Å². The van der Waals surface area contributed by atoms with Crippen LogP contribution >= 0.6 is 0 Å². The topological polar surface area (TPSA) is 33.6 Å². The Morgan fingerprint density at radius 3 is 3.12 bits per heavy atom. The van der Waals surface area contributed by atoms with Gasteiger partial charge in [-0.15, -0.1) is 0 Å². The summed E-state index contributed by atoms with van der Waals surface area (Å²) < 4.78 is 5.75. The van der Waals surface area contributed by atoms with Gasteiger partial charge in [0.2, 0.25) is 0 Å². The molecule has 2 aliphatic rings. The molecule has 3 nitrogen and oxygen atoms in total. The van der Waals surface area contributed by atoms with Crippen molar-refractivity contribution in [1.29, 1.82) is 0 Å². The van der Waals surface area contributed by atoms with E-state index in [1.807, 2.05) is 0 Å². The molecule has 90 valence electrons. The minimum absolute atomic E-state index is 0.200. The Hall–Kier alpha value is -1.35. The zero-order valence-corrected chi connectivity index (χ0v) is 10.1. The van der Waals surface area contributed by atoms with Gasteiger partial charge in [0.25, 0.3) is 0 Å². The second-order valence-corrected chi connectivity index (χ2v) is 4.90. The number of hydrogen-bond donors (Lipinski definition) is 1. The number of benzene rings is 1. The highest BCUT2D eigenvalue weighted by Crippen LogP contribution is 2.27. The summed E-state index contributed by atoms with van der Waals surface area (Å²) in [5.41, 5.74) is 2.56. The van der Waals surface area contributed by atoms with Gasteiger partial charge in [-0.3, -0.25) is 0 Å². The average molecular weight is 230 g/mol. The Balaban J connectivity index is 1.78. The summed E-state index contributed by atoms with van der Waals surface area (Å²) in [7, 11) is 0. The summed E-state index contributed by atoms with van der Waals surface area (Å²) in [6, 6.07) is 8.75. The number of hydrogen-bond acceptors (Lipinski definition) is 3. The third-order valence-corrected chi connectivity index (χ3v) is 3.51. The number of nitrogens with one attached hydrogen (secondary N) is 1. The van der Waals surface area contributed by atoms with E-state index in [2.05, 4.69) is 36.5 Å². The second-order valence-electron chi connectivity index (χ2n) is 4.90. The van der Waals surface area contributed by atoms with Crippen molar-refractivity contribution in [3.05, 3.63) is 35.4 Å². The first kappa shape index (κ1) is 10.8. The fraction of sp³-hybridized carbons (Fsp3) is 0.500. The number of ether oxygens (including phenoxy) is 1. The molecule has 0 radical (unpaired) electrons. The zero-order chi connectivity index (χ0) is 11.7. The first-order chi connectivity index (χ1) is 8.33. The van der Waals surface area contributed by atoms with Gasteiger partial charge in [-0.1, -0.05) is 29.8 Å². The molecule has 2 unspecified atom stereocenters. The van der Waals surface area contributed by atoms with Crippen molar-refractivity contribution in [3.63, 3.8) is 0 Å². The lowest BCUT2D eigenvalue weighted by molar-refractivity contribution is 0.301. The van der Waals surface area contributed by atoms with Crippen molar-refractivity contribution in [1.82, 2.24) is 5.32 Å². The van der Waals surface area contributed by atoms with Gasteiger partial charge in [-0.25, -0.2) is 4.99 Å². The molecule has 3 rings (SSSR count). The average Bonchev–Trinajstić information content (AvgIpc) is 3.00. The predicted molar refractivity (Wildman–Crippen MR) is 68.3 cm³/mol. The Morgan fingerprint density at radius 2 is 2.35 bits per heavy atom. The smallest absolute Gasteiger partial charge is 0.188 e. The lowest BCUT2D eigenvalue weighted by Gasteiger charge is -2.06. The molecule has 2 aliphatic heterocycles. The van der Waals surface area contributed by atoms with Gasteiger partial charge in [0.15, 0.2) is 5.90 Å². The predicted octanol–water partition coefficient (Wildman–Crippen LogP) is 2.07. The first-order valence-corrected chi connectivity index (χ1v) is 6.31. The van der Waals surface area contributed by atoms with Crippen molar-refractivity contribution in [2.45, 2.75) is 19.4 Å². The van der Waals surface area contributed by atoms with E-state index in [0.717, 1.165) is 25.4 Å². The van der Waals surface area contributed by atoms with E-state index in [0.29, 0.717) is 12.5 Å². The molecule has 0 spiro atoms. The molecule has 0 aromatic heterocycles. The Kier molecular flexibility index (Phi) is 2.85. The molecule has 0 aliphatic carbocycles. The van der Waals surface area contributed by atoms with Gasteiger partial charge in [0.05, 0.1) is 0 Å². The normalized spacial score (nSPS) is 27.9. The molecule has 1 aromatic rings. The molecule has 1 N–H and O–H groups in total. The van der Waals surface area contributed by atoms with Gasteiger partial charge in [0.1, 0.15) is 12.6 Å². The van der Waals surface area contributed by atoms with Crippen LogP contribution in [0.15, 0.2) is 29.3 Å². The van der Waals surface area contributed by atoms with Crippen molar-refractivity contribution in [2.24, 2.45) is 10.9 Å². The van der Waals surface area contributed by atoms with Gasteiger partial charge < -0.3 is 10.1 Å². The second kappa shape index (κ2) is 4.49. The van der Waals surface area contributed by atoms with Crippen LogP contribution in [-0.2, 0) is 4.74 Å². The minimum atomic E-state index is 0.200. The number of rotatable bonds is 2. The summed E-state index contributed by atoms with van der Waals surface area (Å²) in [5.74, 6) is 1.45. The molecule has 0 amide bonds. The standard InChI is InChI=1S/C14H18N2O/c1-10-3-2-4-11(7-10)13-9-17-14(16-13)12-5-6-15-8-12/h2-4,7,12-13,15H,5-6,8-9H2,1H3. The van der Waals surface area contributed by atoms with E-state index in [9.17, 15) is 0 Å².